The fraction of sp³-hybridized carbons (Fsp3) is 0.429. The SMILES string of the molecule is Cn1cnc2c1[C@@H](C(=O)NC1CCC1)CN(Cc1cccc3[nH]ccc13)C2. The molecule has 3 aromatic rings. The number of aromatic amines is 1. The first-order valence-electron chi connectivity index (χ1n) is 9.77. The molecule has 0 radical (unpaired) electrons. The predicted octanol–water partition coefficient (Wildman–Crippen LogP) is 2.67. The average molecular weight is 363 g/mol. The van der Waals surface area contributed by atoms with Crippen LogP contribution in [-0.4, -0.2) is 37.9 Å². The van der Waals surface area contributed by atoms with E-state index in [1.54, 1.807) is 0 Å². The van der Waals surface area contributed by atoms with Gasteiger partial charge in [-0.2, -0.15) is 0 Å². The second kappa shape index (κ2) is 6.53. The van der Waals surface area contributed by atoms with Gasteiger partial charge in [0.05, 0.1) is 23.6 Å². The van der Waals surface area contributed by atoms with Crippen molar-refractivity contribution >= 4 is 16.8 Å². The molecule has 0 unspecified atom stereocenters. The van der Waals surface area contributed by atoms with Gasteiger partial charge < -0.3 is 14.9 Å². The van der Waals surface area contributed by atoms with Crippen LogP contribution < -0.4 is 5.32 Å². The van der Waals surface area contributed by atoms with Crippen molar-refractivity contribution in [2.75, 3.05) is 6.54 Å². The molecule has 2 N–H and O–H groups in total. The predicted molar refractivity (Wildman–Crippen MR) is 104 cm³/mol. The molecule has 1 amide bonds. The van der Waals surface area contributed by atoms with Crippen molar-refractivity contribution in [1.29, 1.82) is 0 Å². The fourth-order valence-corrected chi connectivity index (χ4v) is 4.39. The Morgan fingerprint density at radius 2 is 2.22 bits per heavy atom. The van der Waals surface area contributed by atoms with E-state index in [4.69, 9.17) is 0 Å². The highest BCUT2D eigenvalue weighted by Gasteiger charge is 2.35. The Labute approximate surface area is 158 Å². The van der Waals surface area contributed by atoms with Crippen molar-refractivity contribution in [2.45, 2.75) is 44.3 Å². The Morgan fingerprint density at radius 3 is 3.04 bits per heavy atom. The van der Waals surface area contributed by atoms with E-state index in [1.807, 2.05) is 24.1 Å². The number of nitrogens with zero attached hydrogens (tertiary/aromatic N) is 3. The van der Waals surface area contributed by atoms with Crippen LogP contribution in [0.4, 0.5) is 0 Å². The molecule has 1 aliphatic carbocycles. The van der Waals surface area contributed by atoms with E-state index in [1.165, 1.54) is 17.4 Å². The number of hydrogen-bond donors (Lipinski definition) is 2. The van der Waals surface area contributed by atoms with Gasteiger partial charge in [0.15, 0.2) is 0 Å². The quantitative estimate of drug-likeness (QED) is 0.749. The van der Waals surface area contributed by atoms with E-state index in [0.29, 0.717) is 6.04 Å². The van der Waals surface area contributed by atoms with Crippen molar-refractivity contribution in [3.63, 3.8) is 0 Å². The second-order valence-electron chi connectivity index (χ2n) is 7.90. The van der Waals surface area contributed by atoms with E-state index < -0.39 is 0 Å². The van der Waals surface area contributed by atoms with Crippen molar-refractivity contribution in [3.8, 4) is 0 Å². The highest BCUT2D eigenvalue weighted by Crippen LogP contribution is 2.30. The van der Waals surface area contributed by atoms with Crippen LogP contribution in [0.2, 0.25) is 0 Å². The van der Waals surface area contributed by atoms with Crippen LogP contribution in [0, 0.1) is 0 Å². The van der Waals surface area contributed by atoms with Crippen LogP contribution in [-0.2, 0) is 24.9 Å². The van der Waals surface area contributed by atoms with Gasteiger partial charge in [0.2, 0.25) is 5.91 Å². The molecule has 140 valence electrons. The van der Waals surface area contributed by atoms with Crippen molar-refractivity contribution < 1.29 is 4.79 Å². The van der Waals surface area contributed by atoms with Gasteiger partial charge in [0, 0.05) is 49.8 Å². The zero-order valence-electron chi connectivity index (χ0n) is 15.6. The summed E-state index contributed by atoms with van der Waals surface area (Å²) in [5.74, 6) is -0.0126. The molecule has 6 nitrogen and oxygen atoms in total. The third-order valence-corrected chi connectivity index (χ3v) is 6.05. The van der Waals surface area contributed by atoms with Gasteiger partial charge in [-0.25, -0.2) is 4.98 Å². The number of aryl methyl sites for hydroxylation is 1. The van der Waals surface area contributed by atoms with Crippen LogP contribution in [0.5, 0.6) is 0 Å². The maximum atomic E-state index is 13.0. The zero-order chi connectivity index (χ0) is 18.4. The Kier molecular flexibility index (Phi) is 4.01. The van der Waals surface area contributed by atoms with E-state index >= 15 is 0 Å². The summed E-state index contributed by atoms with van der Waals surface area (Å²) < 4.78 is 2.02. The van der Waals surface area contributed by atoms with Gasteiger partial charge in [-0.05, 0) is 37.0 Å². The van der Waals surface area contributed by atoms with Crippen LogP contribution in [0.3, 0.4) is 0 Å². The largest absolute Gasteiger partial charge is 0.361 e. The summed E-state index contributed by atoms with van der Waals surface area (Å²) in [5, 5.41) is 4.49. The number of aromatic nitrogens is 3. The smallest absolute Gasteiger partial charge is 0.230 e. The molecule has 2 aromatic heterocycles. The Morgan fingerprint density at radius 1 is 1.33 bits per heavy atom. The number of fused-ring (bicyclic) bond motifs is 2. The van der Waals surface area contributed by atoms with E-state index in [2.05, 4.69) is 44.5 Å². The standard InChI is InChI=1S/C21H25N5O/c1-25-13-23-19-12-26(10-14-4-2-7-18-16(14)8-9-22-18)11-17(20(19)25)21(27)24-15-5-3-6-15/h2,4,7-9,13,15,17,22H,3,5-6,10-12H2,1H3,(H,24,27)/t17-/m0/s1. The van der Waals surface area contributed by atoms with Crippen LogP contribution >= 0.6 is 0 Å². The molecular weight excluding hydrogens is 338 g/mol. The van der Waals surface area contributed by atoms with Crippen molar-refractivity contribution in [1.82, 2.24) is 24.8 Å². The van der Waals surface area contributed by atoms with Gasteiger partial charge in [-0.1, -0.05) is 12.1 Å². The molecule has 2 aliphatic rings. The summed E-state index contributed by atoms with van der Waals surface area (Å²) in [5.41, 5.74) is 4.54. The minimum Gasteiger partial charge on any atom is -0.361 e. The Balaban J connectivity index is 1.41. The topological polar surface area (TPSA) is 66.0 Å². The van der Waals surface area contributed by atoms with E-state index in [9.17, 15) is 4.79 Å². The number of H-pyrrole nitrogens is 1. The van der Waals surface area contributed by atoms with Gasteiger partial charge >= 0.3 is 0 Å². The maximum absolute atomic E-state index is 13.0. The minimum absolute atomic E-state index is 0.147. The zero-order valence-corrected chi connectivity index (χ0v) is 15.6. The molecule has 5 rings (SSSR count). The van der Waals surface area contributed by atoms with Crippen LogP contribution in [0.15, 0.2) is 36.8 Å². The molecule has 0 bridgehead atoms. The summed E-state index contributed by atoms with van der Waals surface area (Å²) in [6.07, 6.45) is 7.26. The summed E-state index contributed by atoms with van der Waals surface area (Å²) in [6.45, 7) is 2.33. The summed E-state index contributed by atoms with van der Waals surface area (Å²) >= 11 is 0. The lowest BCUT2D eigenvalue weighted by atomic mass is 9.91. The highest BCUT2D eigenvalue weighted by molar-refractivity contribution is 5.85. The number of hydrogen-bond acceptors (Lipinski definition) is 3. The number of amides is 1. The van der Waals surface area contributed by atoms with E-state index in [0.717, 1.165) is 49.4 Å². The molecule has 1 saturated carbocycles. The fourth-order valence-electron chi connectivity index (χ4n) is 4.39. The number of benzene rings is 1. The monoisotopic (exact) mass is 363 g/mol. The first-order chi connectivity index (χ1) is 13.2. The van der Waals surface area contributed by atoms with Gasteiger partial charge in [-0.15, -0.1) is 0 Å². The van der Waals surface area contributed by atoms with Crippen molar-refractivity contribution in [3.05, 3.63) is 53.7 Å². The average Bonchev–Trinajstić information content (AvgIpc) is 3.25. The minimum atomic E-state index is -0.160. The number of nitrogens with one attached hydrogen (secondary N) is 2. The first-order valence-corrected chi connectivity index (χ1v) is 9.77. The molecule has 1 atom stereocenters. The lowest BCUT2D eigenvalue weighted by Gasteiger charge is -2.34. The van der Waals surface area contributed by atoms with Crippen LogP contribution in [0.25, 0.3) is 10.9 Å². The maximum Gasteiger partial charge on any atom is 0.230 e. The third-order valence-electron chi connectivity index (χ3n) is 6.05. The molecule has 1 fully saturated rings. The van der Waals surface area contributed by atoms with Gasteiger partial charge in [-0.3, -0.25) is 9.69 Å². The first kappa shape index (κ1) is 16.6. The third kappa shape index (κ3) is 2.94. The normalized spacial score (nSPS) is 20.4. The van der Waals surface area contributed by atoms with E-state index in [-0.39, 0.29) is 11.8 Å². The lowest BCUT2D eigenvalue weighted by Crippen LogP contribution is -2.46. The molecule has 27 heavy (non-hydrogen) atoms. The molecular formula is C21H25N5O. The molecule has 0 saturated heterocycles. The van der Waals surface area contributed by atoms with Gasteiger partial charge in [0.1, 0.15) is 0 Å². The molecule has 6 heteroatoms. The van der Waals surface area contributed by atoms with Crippen molar-refractivity contribution in [2.24, 2.45) is 7.05 Å². The summed E-state index contributed by atoms with van der Waals surface area (Å²) in [7, 11) is 1.99. The molecule has 1 aliphatic heterocycles. The Hall–Kier alpha value is -2.60. The lowest BCUT2D eigenvalue weighted by molar-refractivity contribution is -0.124. The van der Waals surface area contributed by atoms with Gasteiger partial charge in [0.25, 0.3) is 0 Å². The molecule has 1 aromatic carbocycles. The summed E-state index contributed by atoms with van der Waals surface area (Å²) in [6, 6.07) is 8.85. The second-order valence-corrected chi connectivity index (χ2v) is 7.90. The Bertz CT molecular complexity index is 984. The number of carbonyl (C=O) groups is 1. The highest BCUT2D eigenvalue weighted by atomic mass is 16.2. The number of imidazole rings is 1. The van der Waals surface area contributed by atoms with Crippen LogP contribution in [0.1, 0.15) is 42.1 Å². The number of carbonyl (C=O) groups excluding carboxylic acids is 1. The molecule has 0 spiro atoms. The number of rotatable bonds is 4. The summed E-state index contributed by atoms with van der Waals surface area (Å²) in [4.78, 5) is 23.2. The molecule has 3 heterocycles.